The first-order chi connectivity index (χ1) is 3.71. The van der Waals surface area contributed by atoms with Crippen molar-refractivity contribution in [2.75, 3.05) is 33.2 Å². The molecule has 3 heteroatoms. The first kappa shape index (κ1) is 6.77. The molecule has 1 heterocycles. The second-order valence-electron chi connectivity index (χ2n) is 2.46. The van der Waals surface area contributed by atoms with Crippen molar-refractivity contribution < 1.29 is 2.70 Å². The molecule has 8 heavy (non-hydrogen) atoms. The van der Waals surface area contributed by atoms with Gasteiger partial charge in [-0.25, -0.2) is 0 Å². The third-order valence-electron chi connectivity index (χ3n) is 1.51. The number of hydrogen-bond donors (Lipinski definition) is 1. The predicted molar refractivity (Wildman–Crippen MR) is 42.8 cm³/mol. The van der Waals surface area contributed by atoms with Crippen LogP contribution < -0.4 is 5.32 Å². The van der Waals surface area contributed by atoms with E-state index in [2.05, 4.69) is 35.2 Å². The summed E-state index contributed by atoms with van der Waals surface area (Å²) in [4.78, 5) is 0. The van der Waals surface area contributed by atoms with Gasteiger partial charge in [0.1, 0.15) is 0 Å². The maximum atomic E-state index is 3.32. The highest BCUT2D eigenvalue weighted by Crippen LogP contribution is 2.11. The van der Waals surface area contributed by atoms with Crippen LogP contribution in [0.15, 0.2) is 0 Å². The van der Waals surface area contributed by atoms with Crippen LogP contribution in [-0.4, -0.2) is 35.9 Å². The number of quaternary nitrogens is 1. The Hall–Kier alpha value is 0.650. The Morgan fingerprint density at radius 1 is 1.38 bits per heavy atom. The molecule has 48 valence electrons. The quantitative estimate of drug-likeness (QED) is 0.466. The molecule has 0 aromatic carbocycles. The van der Waals surface area contributed by atoms with Crippen molar-refractivity contribution >= 4 is 22.9 Å². The molecule has 1 aliphatic heterocycles. The molecule has 1 fully saturated rings. The molecule has 0 unspecified atom stereocenters. The molecule has 1 N–H and O–H groups in total. The fraction of sp³-hybridized carbons (Fsp3) is 1.00. The Balaban J connectivity index is 2.33. The maximum Gasteiger partial charge on any atom is 0.248 e. The molecule has 0 spiro atoms. The second kappa shape index (κ2) is 2.49. The van der Waals surface area contributed by atoms with Crippen LogP contribution in [0.3, 0.4) is 0 Å². The van der Waals surface area contributed by atoms with Gasteiger partial charge in [0, 0.05) is 13.1 Å². The third kappa shape index (κ3) is 1.87. The molecule has 0 saturated carbocycles. The van der Waals surface area contributed by atoms with Crippen LogP contribution in [0.1, 0.15) is 0 Å². The minimum absolute atomic E-state index is 1.16. The van der Waals surface area contributed by atoms with Crippen molar-refractivity contribution in [3.63, 3.8) is 0 Å². The summed E-state index contributed by atoms with van der Waals surface area (Å²) < 4.78 is 1.16. The van der Waals surface area contributed by atoms with Crippen molar-refractivity contribution in [3.8, 4) is 0 Å². The number of piperazine rings is 1. The van der Waals surface area contributed by atoms with Crippen LogP contribution in [0.2, 0.25) is 0 Å². The van der Waals surface area contributed by atoms with Crippen molar-refractivity contribution in [2.45, 2.75) is 0 Å². The summed E-state index contributed by atoms with van der Waals surface area (Å²) >= 11 is 2.49. The van der Waals surface area contributed by atoms with Gasteiger partial charge in [0.15, 0.2) is 0 Å². The van der Waals surface area contributed by atoms with Gasteiger partial charge in [-0.15, -0.1) is 0 Å². The van der Waals surface area contributed by atoms with Gasteiger partial charge < -0.3 is 5.32 Å². The molecule has 0 bridgehead atoms. The number of nitrogens with one attached hydrogen (secondary N) is 1. The minimum Gasteiger partial charge on any atom is -0.306 e. The lowest BCUT2D eigenvalue weighted by atomic mass is 10.4. The standard InChI is InChI=1S/C5H12IN2/c1-8(6)4-2-7-3-5-8/h7H,2-5H2,1H3/q+1. The van der Waals surface area contributed by atoms with Crippen molar-refractivity contribution in [1.29, 1.82) is 0 Å². The van der Waals surface area contributed by atoms with Gasteiger partial charge in [-0.2, -0.15) is 0 Å². The zero-order valence-corrected chi connectivity index (χ0v) is 7.31. The molecular weight excluding hydrogens is 215 g/mol. The van der Waals surface area contributed by atoms with E-state index in [-0.39, 0.29) is 0 Å². The molecule has 2 nitrogen and oxygen atoms in total. The molecule has 0 amide bonds. The average Bonchev–Trinajstić information content (AvgIpc) is 1.65. The van der Waals surface area contributed by atoms with E-state index in [1.165, 1.54) is 26.2 Å². The van der Waals surface area contributed by atoms with E-state index >= 15 is 0 Å². The molecule has 0 aromatic rings. The molecule has 0 atom stereocenters. The Kier molecular flexibility index (Phi) is 2.11. The first-order valence-electron chi connectivity index (χ1n) is 2.96. The third-order valence-corrected chi connectivity index (χ3v) is 2.47. The molecule has 0 aromatic heterocycles. The van der Waals surface area contributed by atoms with Crippen molar-refractivity contribution in [1.82, 2.24) is 5.32 Å². The molecule has 0 radical (unpaired) electrons. The lowest BCUT2D eigenvalue weighted by Gasteiger charge is -2.30. The summed E-state index contributed by atoms with van der Waals surface area (Å²) in [6.45, 7) is 4.89. The fourth-order valence-corrected chi connectivity index (χ4v) is 1.34. The fourth-order valence-electron chi connectivity index (χ4n) is 0.861. The monoisotopic (exact) mass is 227 g/mol. The smallest absolute Gasteiger partial charge is 0.248 e. The second-order valence-corrected chi connectivity index (χ2v) is 4.79. The predicted octanol–water partition coefficient (Wildman–Crippen LogP) is 0.386. The van der Waals surface area contributed by atoms with Gasteiger partial charge in [-0.1, -0.05) is 0 Å². The number of nitrogens with zero attached hydrogens (tertiary/aromatic N) is 1. The van der Waals surface area contributed by atoms with Gasteiger partial charge in [-0.05, 0) is 0 Å². The first-order valence-corrected chi connectivity index (χ1v) is 3.92. The summed E-state index contributed by atoms with van der Waals surface area (Å²) in [5.74, 6) is 0. The number of halogens is 1. The van der Waals surface area contributed by atoms with Crippen molar-refractivity contribution in [3.05, 3.63) is 0 Å². The molecular formula is C5H12IN2+. The average molecular weight is 227 g/mol. The lowest BCUT2D eigenvalue weighted by Crippen LogP contribution is -2.48. The van der Waals surface area contributed by atoms with E-state index < -0.39 is 0 Å². The van der Waals surface area contributed by atoms with Crippen LogP contribution in [-0.2, 0) is 0 Å². The Morgan fingerprint density at radius 2 is 1.88 bits per heavy atom. The summed E-state index contributed by atoms with van der Waals surface area (Å²) in [6, 6.07) is 0. The zero-order chi connectivity index (χ0) is 6.04. The summed E-state index contributed by atoms with van der Waals surface area (Å²) in [7, 11) is 2.27. The Morgan fingerprint density at radius 3 is 2.12 bits per heavy atom. The normalized spacial score (nSPS) is 27.8. The lowest BCUT2D eigenvalue weighted by molar-refractivity contribution is -0.733. The van der Waals surface area contributed by atoms with Gasteiger partial charge in [0.2, 0.25) is 22.9 Å². The van der Waals surface area contributed by atoms with Crippen molar-refractivity contribution in [2.24, 2.45) is 0 Å². The van der Waals surface area contributed by atoms with Gasteiger partial charge in [0.05, 0.1) is 20.1 Å². The molecule has 1 rings (SSSR count). The van der Waals surface area contributed by atoms with E-state index in [1.807, 2.05) is 0 Å². The molecule has 1 saturated heterocycles. The van der Waals surface area contributed by atoms with E-state index in [4.69, 9.17) is 0 Å². The number of hydrogen-bond acceptors (Lipinski definition) is 1. The highest BCUT2D eigenvalue weighted by molar-refractivity contribution is 14.1. The van der Waals surface area contributed by atoms with Gasteiger partial charge >= 0.3 is 0 Å². The van der Waals surface area contributed by atoms with Gasteiger partial charge in [0.25, 0.3) is 0 Å². The van der Waals surface area contributed by atoms with Crippen LogP contribution >= 0.6 is 22.9 Å². The summed E-state index contributed by atoms with van der Waals surface area (Å²) in [5, 5.41) is 3.32. The highest BCUT2D eigenvalue weighted by atomic mass is 127. The molecule has 0 aliphatic carbocycles. The van der Waals surface area contributed by atoms with Crippen LogP contribution in [0.5, 0.6) is 0 Å². The molecule has 1 aliphatic rings. The van der Waals surface area contributed by atoms with Crippen LogP contribution in [0.25, 0.3) is 0 Å². The summed E-state index contributed by atoms with van der Waals surface area (Å²) in [5.41, 5.74) is 0. The van der Waals surface area contributed by atoms with E-state index in [0.717, 1.165) is 2.70 Å². The van der Waals surface area contributed by atoms with E-state index in [1.54, 1.807) is 0 Å². The Bertz CT molecular complexity index is 74.5. The Labute approximate surface area is 64.3 Å². The highest BCUT2D eigenvalue weighted by Gasteiger charge is 2.20. The largest absolute Gasteiger partial charge is 0.306 e. The topological polar surface area (TPSA) is 12.0 Å². The summed E-state index contributed by atoms with van der Waals surface area (Å²) in [6.07, 6.45) is 0. The van der Waals surface area contributed by atoms with E-state index in [9.17, 15) is 0 Å². The number of rotatable bonds is 0. The minimum atomic E-state index is 1.16. The van der Waals surface area contributed by atoms with Crippen LogP contribution in [0.4, 0.5) is 0 Å². The van der Waals surface area contributed by atoms with Gasteiger partial charge in [-0.3, -0.25) is 2.70 Å². The van der Waals surface area contributed by atoms with Crippen LogP contribution in [0, 0.1) is 0 Å². The maximum absolute atomic E-state index is 3.32. The zero-order valence-electron chi connectivity index (χ0n) is 5.15. The SMILES string of the molecule is C[N+]1(I)CCNCC1. The van der Waals surface area contributed by atoms with E-state index in [0.29, 0.717) is 0 Å². The number of likely N-dealkylation sites (N-methyl/N-ethyl adjacent to an activating group) is 1.